The highest BCUT2D eigenvalue weighted by Gasteiger charge is 2.32. The number of carbonyl (C=O) groups excluding carboxylic acids is 2. The molecule has 2 aliphatic rings. The molecule has 0 aliphatic carbocycles. The van der Waals surface area contributed by atoms with Crippen LogP contribution in [0.4, 0.5) is 0 Å². The average molecular weight is 318 g/mol. The number of para-hydroxylation sites is 2. The second kappa shape index (κ2) is 6.89. The Hall–Kier alpha value is -2.24. The Morgan fingerprint density at radius 2 is 2.13 bits per heavy atom. The third-order valence-corrected chi connectivity index (χ3v) is 4.09. The lowest BCUT2D eigenvalue weighted by Crippen LogP contribution is -2.49. The summed E-state index contributed by atoms with van der Waals surface area (Å²) in [4.78, 5) is 25.7. The molecule has 1 aromatic carbocycles. The molecule has 0 aromatic heterocycles. The van der Waals surface area contributed by atoms with E-state index in [0.717, 1.165) is 12.2 Å². The minimum absolute atomic E-state index is 0.0276. The van der Waals surface area contributed by atoms with Gasteiger partial charge in [-0.25, -0.2) is 0 Å². The van der Waals surface area contributed by atoms with E-state index in [1.807, 2.05) is 31.2 Å². The van der Waals surface area contributed by atoms with Gasteiger partial charge in [-0.05, 0) is 25.0 Å². The summed E-state index contributed by atoms with van der Waals surface area (Å²) in [5.41, 5.74) is 0. The van der Waals surface area contributed by atoms with Crippen LogP contribution in [0.15, 0.2) is 24.3 Å². The molecular weight excluding hydrogens is 296 g/mol. The molecule has 6 nitrogen and oxygen atoms in total. The van der Waals surface area contributed by atoms with E-state index in [1.54, 1.807) is 4.90 Å². The van der Waals surface area contributed by atoms with Crippen molar-refractivity contribution in [2.45, 2.75) is 38.3 Å². The standard InChI is InChI=1S/C17H22N2O4/c1-2-9-19(17(21)13-7-8-16(20)18-13)10-12-11-22-14-5-3-4-6-15(14)23-12/h3-6,12-13H,2,7-11H2,1H3,(H,18,20). The number of amides is 2. The maximum Gasteiger partial charge on any atom is 0.245 e. The Balaban J connectivity index is 1.63. The van der Waals surface area contributed by atoms with E-state index >= 15 is 0 Å². The van der Waals surface area contributed by atoms with Crippen LogP contribution in [0, 0.1) is 0 Å². The number of nitrogens with zero attached hydrogens (tertiary/aromatic N) is 1. The second-order valence-electron chi connectivity index (χ2n) is 5.94. The Kier molecular flexibility index (Phi) is 4.69. The van der Waals surface area contributed by atoms with Gasteiger partial charge >= 0.3 is 0 Å². The summed E-state index contributed by atoms with van der Waals surface area (Å²) in [5.74, 6) is 1.37. The van der Waals surface area contributed by atoms with Crippen LogP contribution < -0.4 is 14.8 Å². The van der Waals surface area contributed by atoms with Gasteiger partial charge in [-0.3, -0.25) is 9.59 Å². The fourth-order valence-electron chi connectivity index (χ4n) is 2.98. The fraction of sp³-hybridized carbons (Fsp3) is 0.529. The molecule has 0 saturated carbocycles. The van der Waals surface area contributed by atoms with E-state index in [1.165, 1.54) is 0 Å². The predicted octanol–water partition coefficient (Wildman–Crippen LogP) is 1.34. The topological polar surface area (TPSA) is 67.9 Å². The molecule has 2 heterocycles. The lowest BCUT2D eigenvalue weighted by molar-refractivity contribution is -0.135. The van der Waals surface area contributed by atoms with Gasteiger partial charge in [0.05, 0.1) is 6.54 Å². The fourth-order valence-corrected chi connectivity index (χ4v) is 2.98. The van der Waals surface area contributed by atoms with Crippen LogP contribution in [0.5, 0.6) is 11.5 Å². The first-order valence-electron chi connectivity index (χ1n) is 8.14. The molecule has 23 heavy (non-hydrogen) atoms. The van der Waals surface area contributed by atoms with Crippen molar-refractivity contribution in [2.24, 2.45) is 0 Å². The third kappa shape index (κ3) is 3.57. The molecule has 3 rings (SSSR count). The lowest BCUT2D eigenvalue weighted by Gasteiger charge is -2.32. The van der Waals surface area contributed by atoms with Gasteiger partial charge in [0.2, 0.25) is 11.8 Å². The van der Waals surface area contributed by atoms with Crippen molar-refractivity contribution in [3.63, 3.8) is 0 Å². The van der Waals surface area contributed by atoms with Gasteiger partial charge in [-0.15, -0.1) is 0 Å². The summed E-state index contributed by atoms with van der Waals surface area (Å²) >= 11 is 0. The number of fused-ring (bicyclic) bond motifs is 1. The molecule has 2 aliphatic heterocycles. The van der Waals surface area contributed by atoms with E-state index in [4.69, 9.17) is 9.47 Å². The molecule has 2 atom stereocenters. The monoisotopic (exact) mass is 318 g/mol. The number of benzene rings is 1. The van der Waals surface area contributed by atoms with Gasteiger partial charge in [-0.1, -0.05) is 19.1 Å². The van der Waals surface area contributed by atoms with E-state index in [0.29, 0.717) is 38.3 Å². The van der Waals surface area contributed by atoms with Crippen LogP contribution in [0.2, 0.25) is 0 Å². The highest BCUT2D eigenvalue weighted by Crippen LogP contribution is 2.31. The van der Waals surface area contributed by atoms with Crippen LogP contribution in [0.25, 0.3) is 0 Å². The van der Waals surface area contributed by atoms with Gasteiger partial charge in [0.25, 0.3) is 0 Å². The molecule has 6 heteroatoms. The normalized spacial score (nSPS) is 22.6. The zero-order valence-electron chi connectivity index (χ0n) is 13.3. The zero-order chi connectivity index (χ0) is 16.2. The number of hydrogen-bond donors (Lipinski definition) is 1. The Labute approximate surface area is 135 Å². The number of rotatable bonds is 5. The summed E-state index contributed by atoms with van der Waals surface area (Å²) in [5, 5.41) is 2.74. The van der Waals surface area contributed by atoms with Gasteiger partial charge in [-0.2, -0.15) is 0 Å². The molecule has 1 saturated heterocycles. The molecule has 2 unspecified atom stereocenters. The van der Waals surface area contributed by atoms with Gasteiger partial charge in [0.15, 0.2) is 17.6 Å². The Bertz CT molecular complexity index is 590. The predicted molar refractivity (Wildman–Crippen MR) is 84.4 cm³/mol. The van der Waals surface area contributed by atoms with E-state index in [2.05, 4.69) is 5.32 Å². The quantitative estimate of drug-likeness (QED) is 0.890. The molecular formula is C17H22N2O4. The van der Waals surface area contributed by atoms with Crippen molar-refractivity contribution in [1.29, 1.82) is 0 Å². The first kappa shape index (κ1) is 15.6. The number of carbonyl (C=O) groups is 2. The summed E-state index contributed by atoms with van der Waals surface area (Å²) in [6, 6.07) is 7.14. The molecule has 2 amide bonds. The molecule has 0 spiro atoms. The van der Waals surface area contributed by atoms with Gasteiger partial charge in [0.1, 0.15) is 12.6 Å². The molecule has 1 fully saturated rings. The molecule has 1 N–H and O–H groups in total. The zero-order valence-corrected chi connectivity index (χ0v) is 13.3. The van der Waals surface area contributed by atoms with Crippen LogP contribution in [-0.4, -0.2) is 48.6 Å². The molecule has 124 valence electrons. The maximum absolute atomic E-state index is 12.6. The molecule has 0 radical (unpaired) electrons. The highest BCUT2D eigenvalue weighted by atomic mass is 16.6. The van der Waals surface area contributed by atoms with Crippen LogP contribution in [-0.2, 0) is 9.59 Å². The smallest absolute Gasteiger partial charge is 0.245 e. The van der Waals surface area contributed by atoms with Crippen LogP contribution in [0.1, 0.15) is 26.2 Å². The Morgan fingerprint density at radius 3 is 2.83 bits per heavy atom. The summed E-state index contributed by atoms with van der Waals surface area (Å²) in [6.45, 7) is 3.56. The summed E-state index contributed by atoms with van der Waals surface area (Å²) < 4.78 is 11.6. The van der Waals surface area contributed by atoms with E-state index in [9.17, 15) is 9.59 Å². The molecule has 1 aromatic rings. The minimum Gasteiger partial charge on any atom is -0.486 e. The number of nitrogens with one attached hydrogen (secondary N) is 1. The molecule has 0 bridgehead atoms. The van der Waals surface area contributed by atoms with Crippen molar-refractivity contribution in [1.82, 2.24) is 10.2 Å². The van der Waals surface area contributed by atoms with Crippen molar-refractivity contribution in [2.75, 3.05) is 19.7 Å². The van der Waals surface area contributed by atoms with Gasteiger partial charge < -0.3 is 19.7 Å². The summed E-state index contributed by atoms with van der Waals surface area (Å²) in [7, 11) is 0. The van der Waals surface area contributed by atoms with E-state index < -0.39 is 6.04 Å². The van der Waals surface area contributed by atoms with Crippen molar-refractivity contribution < 1.29 is 19.1 Å². The highest BCUT2D eigenvalue weighted by molar-refractivity contribution is 5.90. The first-order valence-corrected chi connectivity index (χ1v) is 8.14. The number of hydrogen-bond acceptors (Lipinski definition) is 4. The lowest BCUT2D eigenvalue weighted by atomic mass is 10.1. The minimum atomic E-state index is -0.397. The van der Waals surface area contributed by atoms with Crippen LogP contribution >= 0.6 is 0 Å². The summed E-state index contributed by atoms with van der Waals surface area (Å²) in [6.07, 6.45) is 1.66. The van der Waals surface area contributed by atoms with E-state index in [-0.39, 0.29) is 17.9 Å². The first-order chi connectivity index (χ1) is 11.2. The van der Waals surface area contributed by atoms with Gasteiger partial charge in [0, 0.05) is 13.0 Å². The van der Waals surface area contributed by atoms with Crippen molar-refractivity contribution in [3.8, 4) is 11.5 Å². The van der Waals surface area contributed by atoms with Crippen LogP contribution in [0.3, 0.4) is 0 Å². The Morgan fingerprint density at radius 1 is 1.35 bits per heavy atom. The SMILES string of the molecule is CCCN(CC1COc2ccccc2O1)C(=O)C1CCC(=O)N1. The third-order valence-electron chi connectivity index (χ3n) is 4.09. The average Bonchev–Trinajstić information content (AvgIpc) is 3.00. The maximum atomic E-state index is 12.6. The largest absolute Gasteiger partial charge is 0.486 e. The second-order valence-corrected chi connectivity index (χ2v) is 5.94. The van der Waals surface area contributed by atoms with Crippen molar-refractivity contribution >= 4 is 11.8 Å². The van der Waals surface area contributed by atoms with Crippen molar-refractivity contribution in [3.05, 3.63) is 24.3 Å². The number of ether oxygens (including phenoxy) is 2.